The zero-order valence-corrected chi connectivity index (χ0v) is 16.6. The second-order valence-corrected chi connectivity index (χ2v) is 7.20. The third kappa shape index (κ3) is 3.71. The fourth-order valence-corrected chi connectivity index (χ4v) is 3.16. The van der Waals surface area contributed by atoms with Crippen molar-refractivity contribution in [2.45, 2.75) is 13.8 Å². The van der Waals surface area contributed by atoms with Gasteiger partial charge in [0.2, 0.25) is 0 Å². The summed E-state index contributed by atoms with van der Waals surface area (Å²) >= 11 is 0. The lowest BCUT2D eigenvalue weighted by Crippen LogP contribution is -2.06. The van der Waals surface area contributed by atoms with Gasteiger partial charge in [0.25, 0.3) is 0 Å². The van der Waals surface area contributed by atoms with E-state index in [1.807, 2.05) is 42.5 Å². The Hall–Kier alpha value is -3.61. The lowest BCUT2D eigenvalue weighted by atomic mass is 10.0. The number of hydrogen-bond acceptors (Lipinski definition) is 6. The first kappa shape index (κ1) is 18.7. The Bertz CT molecular complexity index is 1150. The minimum atomic E-state index is 0.405. The number of nitrogens with one attached hydrogen (secondary N) is 1. The minimum absolute atomic E-state index is 0.405. The fraction of sp³-hybridized carbons (Fsp3) is 0.227. The molecule has 2 aromatic heterocycles. The Balaban J connectivity index is 1.79. The zero-order valence-electron chi connectivity index (χ0n) is 16.6. The first-order chi connectivity index (χ1) is 14.1. The number of nitrogens with zero attached hydrogens (tertiary/aromatic N) is 3. The molecule has 0 unspecified atom stereocenters. The van der Waals surface area contributed by atoms with Crippen LogP contribution >= 0.6 is 0 Å². The van der Waals surface area contributed by atoms with Crippen LogP contribution in [0.1, 0.15) is 13.8 Å². The number of aromatic amines is 1. The maximum absolute atomic E-state index is 6.03. The fourth-order valence-electron chi connectivity index (χ4n) is 3.16. The number of nitrogens with two attached hydrogens (primary N) is 1. The van der Waals surface area contributed by atoms with Crippen molar-refractivity contribution >= 4 is 16.7 Å². The molecule has 0 atom stereocenters. The number of benzene rings is 2. The molecule has 4 rings (SSSR count). The van der Waals surface area contributed by atoms with E-state index in [2.05, 4.69) is 34.0 Å². The molecule has 4 aromatic rings. The largest absolute Gasteiger partial charge is 0.496 e. The van der Waals surface area contributed by atoms with E-state index in [9.17, 15) is 0 Å². The van der Waals surface area contributed by atoms with Gasteiger partial charge in [-0.2, -0.15) is 5.10 Å². The van der Waals surface area contributed by atoms with Gasteiger partial charge >= 0.3 is 0 Å². The molecule has 0 fully saturated rings. The quantitative estimate of drug-likeness (QED) is 0.510. The Labute approximate surface area is 168 Å². The van der Waals surface area contributed by atoms with Gasteiger partial charge in [0.15, 0.2) is 5.82 Å². The predicted molar refractivity (Wildman–Crippen MR) is 114 cm³/mol. The van der Waals surface area contributed by atoms with Crippen molar-refractivity contribution in [3.63, 3.8) is 0 Å². The number of methoxy groups -OCH3 is 1. The number of aromatic nitrogens is 4. The molecule has 0 aliphatic heterocycles. The van der Waals surface area contributed by atoms with E-state index in [0.29, 0.717) is 24.1 Å². The van der Waals surface area contributed by atoms with Crippen LogP contribution in [0.15, 0.2) is 48.8 Å². The van der Waals surface area contributed by atoms with Crippen molar-refractivity contribution in [2.24, 2.45) is 5.92 Å². The monoisotopic (exact) mass is 389 g/mol. The van der Waals surface area contributed by atoms with Crippen molar-refractivity contribution in [1.29, 1.82) is 0 Å². The summed E-state index contributed by atoms with van der Waals surface area (Å²) in [5.41, 5.74) is 10.1. The third-order valence-corrected chi connectivity index (χ3v) is 4.59. The molecule has 29 heavy (non-hydrogen) atoms. The molecule has 7 heteroatoms. The van der Waals surface area contributed by atoms with Crippen LogP contribution in [0.25, 0.3) is 33.4 Å². The summed E-state index contributed by atoms with van der Waals surface area (Å²) < 4.78 is 11.6. The summed E-state index contributed by atoms with van der Waals surface area (Å²) in [6.45, 7) is 4.83. The van der Waals surface area contributed by atoms with Gasteiger partial charge in [-0.25, -0.2) is 9.97 Å². The SMILES string of the molecule is COc1cccc(OCC(C)C)c1-c1cc(-c2ccc3[nH]nc(N)c3c2)ncn1. The molecule has 0 saturated heterocycles. The van der Waals surface area contributed by atoms with Crippen LogP contribution in [0.2, 0.25) is 0 Å². The number of fused-ring (bicyclic) bond motifs is 1. The van der Waals surface area contributed by atoms with E-state index < -0.39 is 0 Å². The third-order valence-electron chi connectivity index (χ3n) is 4.59. The van der Waals surface area contributed by atoms with Crippen LogP contribution < -0.4 is 15.2 Å². The van der Waals surface area contributed by atoms with Gasteiger partial charge in [-0.3, -0.25) is 5.10 Å². The molecule has 0 amide bonds. The van der Waals surface area contributed by atoms with Crippen LogP contribution in [0, 0.1) is 5.92 Å². The summed E-state index contributed by atoms with van der Waals surface area (Å²) in [5.74, 6) is 2.30. The van der Waals surface area contributed by atoms with Gasteiger partial charge in [0, 0.05) is 10.9 Å². The summed E-state index contributed by atoms with van der Waals surface area (Å²) in [4.78, 5) is 8.94. The topological polar surface area (TPSA) is 98.9 Å². The van der Waals surface area contributed by atoms with Crippen LogP contribution in [-0.2, 0) is 0 Å². The second-order valence-electron chi connectivity index (χ2n) is 7.20. The van der Waals surface area contributed by atoms with E-state index in [-0.39, 0.29) is 0 Å². The predicted octanol–water partition coefficient (Wildman–Crippen LogP) is 4.31. The average molecular weight is 389 g/mol. The highest BCUT2D eigenvalue weighted by molar-refractivity contribution is 5.92. The zero-order chi connectivity index (χ0) is 20.4. The summed E-state index contributed by atoms with van der Waals surface area (Å²) in [7, 11) is 1.64. The smallest absolute Gasteiger partial charge is 0.153 e. The van der Waals surface area contributed by atoms with E-state index in [1.54, 1.807) is 13.4 Å². The van der Waals surface area contributed by atoms with E-state index in [4.69, 9.17) is 15.2 Å². The maximum Gasteiger partial charge on any atom is 0.153 e. The Morgan fingerprint density at radius 2 is 1.83 bits per heavy atom. The van der Waals surface area contributed by atoms with Gasteiger partial charge in [-0.15, -0.1) is 0 Å². The van der Waals surface area contributed by atoms with E-state index in [1.165, 1.54) is 0 Å². The maximum atomic E-state index is 6.03. The number of ether oxygens (including phenoxy) is 2. The summed E-state index contributed by atoms with van der Waals surface area (Å²) in [6.07, 6.45) is 1.55. The first-order valence-corrected chi connectivity index (χ1v) is 9.43. The number of anilines is 1. The lowest BCUT2D eigenvalue weighted by molar-refractivity contribution is 0.271. The normalized spacial score (nSPS) is 11.2. The van der Waals surface area contributed by atoms with Crippen LogP contribution in [0.4, 0.5) is 5.82 Å². The van der Waals surface area contributed by atoms with E-state index >= 15 is 0 Å². The molecule has 2 aromatic carbocycles. The highest BCUT2D eigenvalue weighted by Crippen LogP contribution is 2.38. The minimum Gasteiger partial charge on any atom is -0.496 e. The highest BCUT2D eigenvalue weighted by atomic mass is 16.5. The molecule has 3 N–H and O–H groups in total. The number of nitrogen functional groups attached to an aromatic ring is 1. The van der Waals surface area contributed by atoms with Crippen molar-refractivity contribution in [2.75, 3.05) is 19.5 Å². The molecule has 0 radical (unpaired) electrons. The number of rotatable bonds is 6. The summed E-state index contributed by atoms with van der Waals surface area (Å²) in [6, 6.07) is 13.6. The molecule has 0 aliphatic rings. The van der Waals surface area contributed by atoms with Gasteiger partial charge in [-0.1, -0.05) is 26.0 Å². The Kier molecular flexibility index (Phi) is 5.03. The van der Waals surface area contributed by atoms with Gasteiger partial charge in [-0.05, 0) is 36.2 Å². The van der Waals surface area contributed by atoms with Gasteiger partial charge < -0.3 is 15.2 Å². The van der Waals surface area contributed by atoms with Crippen molar-refractivity contribution in [1.82, 2.24) is 20.2 Å². The van der Waals surface area contributed by atoms with Gasteiger partial charge in [0.1, 0.15) is 17.8 Å². The molecule has 0 bridgehead atoms. The standard InChI is InChI=1S/C22H23N5O2/c1-13(2)11-29-20-6-4-5-19(28-3)21(20)18-10-17(24-12-25-18)14-7-8-16-15(9-14)22(23)27-26-16/h4-10,12-13H,11H2,1-3H3,(H3,23,26,27). The van der Waals surface area contributed by atoms with Crippen molar-refractivity contribution in [3.8, 4) is 34.0 Å². The highest BCUT2D eigenvalue weighted by Gasteiger charge is 2.16. The van der Waals surface area contributed by atoms with Crippen LogP contribution in [0.3, 0.4) is 0 Å². The molecular weight excluding hydrogens is 366 g/mol. The Morgan fingerprint density at radius 3 is 2.62 bits per heavy atom. The molecule has 0 spiro atoms. The molecular formula is C22H23N5O2. The lowest BCUT2D eigenvalue weighted by Gasteiger charge is -2.16. The second kappa shape index (κ2) is 7.79. The van der Waals surface area contributed by atoms with Crippen molar-refractivity contribution in [3.05, 3.63) is 48.8 Å². The van der Waals surface area contributed by atoms with Crippen LogP contribution in [-0.4, -0.2) is 33.9 Å². The summed E-state index contributed by atoms with van der Waals surface area (Å²) in [5, 5.41) is 7.82. The number of H-pyrrole nitrogens is 1. The molecule has 2 heterocycles. The number of hydrogen-bond donors (Lipinski definition) is 2. The van der Waals surface area contributed by atoms with Gasteiger partial charge in [0.05, 0.1) is 36.2 Å². The average Bonchev–Trinajstić information content (AvgIpc) is 3.12. The van der Waals surface area contributed by atoms with Crippen molar-refractivity contribution < 1.29 is 9.47 Å². The van der Waals surface area contributed by atoms with E-state index in [0.717, 1.165) is 39.2 Å². The molecule has 0 saturated carbocycles. The molecule has 0 aliphatic carbocycles. The molecule has 7 nitrogen and oxygen atoms in total. The Morgan fingerprint density at radius 1 is 1.03 bits per heavy atom. The van der Waals surface area contributed by atoms with Crippen LogP contribution in [0.5, 0.6) is 11.5 Å². The first-order valence-electron chi connectivity index (χ1n) is 9.43. The molecule has 148 valence electrons.